The van der Waals surface area contributed by atoms with Crippen molar-refractivity contribution in [2.75, 3.05) is 0 Å². The van der Waals surface area contributed by atoms with E-state index in [1.165, 1.54) is 0 Å². The molecule has 17 heavy (non-hydrogen) atoms. The molecule has 0 saturated heterocycles. The normalized spacial score (nSPS) is 12.8. The van der Waals surface area contributed by atoms with E-state index in [2.05, 4.69) is 9.97 Å². The highest BCUT2D eigenvalue weighted by molar-refractivity contribution is 6.16. The van der Waals surface area contributed by atoms with Gasteiger partial charge in [-0.05, 0) is 19.1 Å². The highest BCUT2D eigenvalue weighted by Gasteiger charge is 2.17. The van der Waals surface area contributed by atoms with Gasteiger partial charge < -0.3 is 10.3 Å². The number of hydrogen-bond donors (Lipinski definition) is 1. The molecule has 0 spiro atoms. The van der Waals surface area contributed by atoms with Crippen LogP contribution in [0, 0.1) is 0 Å². The molecule has 2 aromatic heterocycles. The molecule has 0 aliphatic heterocycles. The molecule has 0 radical (unpaired) electrons. The molecular weight excluding hydrogens is 240 g/mol. The Morgan fingerprint density at radius 3 is 3.06 bits per heavy atom. The molecule has 0 saturated carbocycles. The molecule has 6 heteroatoms. The van der Waals surface area contributed by atoms with Gasteiger partial charge in [0.15, 0.2) is 5.65 Å². The third-order valence-corrected chi connectivity index (χ3v) is 2.82. The van der Waals surface area contributed by atoms with Crippen LogP contribution in [0.3, 0.4) is 0 Å². The predicted molar refractivity (Wildman–Crippen MR) is 65.6 cm³/mol. The Balaban J connectivity index is 2.53. The molecule has 0 aliphatic carbocycles. The van der Waals surface area contributed by atoms with Crippen molar-refractivity contribution in [1.29, 1.82) is 0 Å². The summed E-state index contributed by atoms with van der Waals surface area (Å²) < 4.78 is 1.87. The fraction of sp³-hybridized carbons (Fsp3) is 0.364. The number of alkyl halides is 1. The molecular formula is C11H13ClN4O. The summed E-state index contributed by atoms with van der Waals surface area (Å²) in [5.74, 6) is 0.629. The molecule has 90 valence electrons. The standard InChI is InChI=1S/C11H13ClN4O/c1-7(5-9(13)17)16-10(6-12)15-8-3-2-4-14-11(8)16/h2-4,7H,5-6H2,1H3,(H2,13,17). The van der Waals surface area contributed by atoms with E-state index >= 15 is 0 Å². The minimum atomic E-state index is -0.351. The van der Waals surface area contributed by atoms with Crippen LogP contribution >= 0.6 is 11.6 Å². The molecule has 5 nitrogen and oxygen atoms in total. The number of pyridine rings is 1. The molecule has 2 heterocycles. The highest BCUT2D eigenvalue weighted by Crippen LogP contribution is 2.22. The molecule has 2 N–H and O–H groups in total. The first-order valence-corrected chi connectivity index (χ1v) is 5.83. The topological polar surface area (TPSA) is 73.8 Å². The van der Waals surface area contributed by atoms with E-state index in [9.17, 15) is 4.79 Å². The maximum absolute atomic E-state index is 11.0. The number of nitrogens with zero attached hydrogens (tertiary/aromatic N) is 3. The smallest absolute Gasteiger partial charge is 0.219 e. The highest BCUT2D eigenvalue weighted by atomic mass is 35.5. The summed E-state index contributed by atoms with van der Waals surface area (Å²) in [4.78, 5) is 19.6. The Morgan fingerprint density at radius 2 is 2.41 bits per heavy atom. The second-order valence-electron chi connectivity index (χ2n) is 3.90. The molecule has 0 fully saturated rings. The van der Waals surface area contributed by atoms with Gasteiger partial charge in [0, 0.05) is 18.7 Å². The van der Waals surface area contributed by atoms with Gasteiger partial charge in [0.1, 0.15) is 11.3 Å². The zero-order valence-corrected chi connectivity index (χ0v) is 10.2. The lowest BCUT2D eigenvalue weighted by Gasteiger charge is -2.14. The molecule has 1 amide bonds. The molecule has 0 aliphatic rings. The van der Waals surface area contributed by atoms with Crippen molar-refractivity contribution in [2.45, 2.75) is 25.3 Å². The Hall–Kier alpha value is -1.62. The number of carbonyl (C=O) groups excluding carboxylic acids is 1. The van der Waals surface area contributed by atoms with E-state index in [4.69, 9.17) is 17.3 Å². The fourth-order valence-corrected chi connectivity index (χ4v) is 2.10. The number of amides is 1. The van der Waals surface area contributed by atoms with Crippen LogP contribution in [-0.2, 0) is 10.7 Å². The maximum atomic E-state index is 11.0. The summed E-state index contributed by atoms with van der Waals surface area (Å²) >= 11 is 5.86. The van der Waals surface area contributed by atoms with Crippen LogP contribution < -0.4 is 5.73 Å². The van der Waals surface area contributed by atoms with Crippen LogP contribution in [0.2, 0.25) is 0 Å². The van der Waals surface area contributed by atoms with Gasteiger partial charge >= 0.3 is 0 Å². The summed E-state index contributed by atoms with van der Waals surface area (Å²) in [6, 6.07) is 3.59. The van der Waals surface area contributed by atoms with Crippen molar-refractivity contribution in [3.63, 3.8) is 0 Å². The number of nitrogens with two attached hydrogens (primary N) is 1. The summed E-state index contributed by atoms with van der Waals surface area (Å²) in [5, 5.41) is 0. The molecule has 2 rings (SSSR count). The number of imidazole rings is 1. The van der Waals surface area contributed by atoms with Crippen LogP contribution in [0.15, 0.2) is 18.3 Å². The van der Waals surface area contributed by atoms with Gasteiger partial charge in [-0.25, -0.2) is 9.97 Å². The number of halogens is 1. The van der Waals surface area contributed by atoms with Crippen molar-refractivity contribution < 1.29 is 4.79 Å². The fourth-order valence-electron chi connectivity index (χ4n) is 1.92. The van der Waals surface area contributed by atoms with Crippen molar-refractivity contribution in [3.8, 4) is 0 Å². The monoisotopic (exact) mass is 252 g/mol. The van der Waals surface area contributed by atoms with E-state index in [1.54, 1.807) is 6.20 Å². The first kappa shape index (κ1) is 11.9. The van der Waals surface area contributed by atoms with E-state index < -0.39 is 0 Å². The first-order chi connectivity index (χ1) is 8.13. The number of rotatable bonds is 4. The maximum Gasteiger partial charge on any atom is 0.219 e. The minimum absolute atomic E-state index is 0.0962. The quantitative estimate of drug-likeness (QED) is 0.840. The zero-order valence-electron chi connectivity index (χ0n) is 9.43. The lowest BCUT2D eigenvalue weighted by atomic mass is 10.2. The Labute approximate surface area is 104 Å². The van der Waals surface area contributed by atoms with Gasteiger partial charge in [-0.15, -0.1) is 11.6 Å². The summed E-state index contributed by atoms with van der Waals surface area (Å²) in [6.45, 7) is 1.90. The molecule has 1 unspecified atom stereocenters. The molecule has 0 bridgehead atoms. The second-order valence-corrected chi connectivity index (χ2v) is 4.16. The number of aromatic nitrogens is 3. The van der Waals surface area contributed by atoms with Gasteiger partial charge in [0.05, 0.1) is 5.88 Å². The van der Waals surface area contributed by atoms with Gasteiger partial charge in [0.2, 0.25) is 5.91 Å². The van der Waals surface area contributed by atoms with Crippen LogP contribution in [0.1, 0.15) is 25.2 Å². The third kappa shape index (κ3) is 2.24. The number of hydrogen-bond acceptors (Lipinski definition) is 3. The van der Waals surface area contributed by atoms with Gasteiger partial charge in [0.25, 0.3) is 0 Å². The van der Waals surface area contributed by atoms with Crippen molar-refractivity contribution >= 4 is 28.7 Å². The van der Waals surface area contributed by atoms with Gasteiger partial charge in [-0.2, -0.15) is 0 Å². The van der Waals surface area contributed by atoms with Crippen LogP contribution in [0.25, 0.3) is 11.2 Å². The van der Waals surface area contributed by atoms with Crippen LogP contribution in [-0.4, -0.2) is 20.4 Å². The average Bonchev–Trinajstić information content (AvgIpc) is 2.66. The molecule has 2 aromatic rings. The average molecular weight is 253 g/mol. The summed E-state index contributed by atoms with van der Waals surface area (Å²) in [6.07, 6.45) is 1.93. The van der Waals surface area contributed by atoms with Crippen molar-refractivity contribution in [2.24, 2.45) is 5.73 Å². The first-order valence-electron chi connectivity index (χ1n) is 5.29. The van der Waals surface area contributed by atoms with Gasteiger partial charge in [-0.1, -0.05) is 0 Å². The second kappa shape index (κ2) is 4.71. The third-order valence-electron chi connectivity index (χ3n) is 2.58. The van der Waals surface area contributed by atoms with Gasteiger partial charge in [-0.3, -0.25) is 4.79 Å². The van der Waals surface area contributed by atoms with E-state index in [1.807, 2.05) is 23.6 Å². The molecule has 1 atom stereocenters. The Bertz CT molecular complexity index is 551. The van der Waals surface area contributed by atoms with Crippen molar-refractivity contribution in [3.05, 3.63) is 24.2 Å². The Kier molecular flexibility index (Phi) is 3.28. The van der Waals surface area contributed by atoms with Crippen LogP contribution in [0.5, 0.6) is 0 Å². The van der Waals surface area contributed by atoms with E-state index in [0.717, 1.165) is 11.2 Å². The minimum Gasteiger partial charge on any atom is -0.370 e. The lowest BCUT2D eigenvalue weighted by Crippen LogP contribution is -2.18. The summed E-state index contributed by atoms with van der Waals surface area (Å²) in [7, 11) is 0. The van der Waals surface area contributed by atoms with E-state index in [-0.39, 0.29) is 24.2 Å². The van der Waals surface area contributed by atoms with Crippen LogP contribution in [0.4, 0.5) is 0 Å². The van der Waals surface area contributed by atoms with Crippen molar-refractivity contribution in [1.82, 2.24) is 14.5 Å². The number of fused-ring (bicyclic) bond motifs is 1. The predicted octanol–water partition coefficient (Wildman–Crippen LogP) is 1.61. The SMILES string of the molecule is CC(CC(N)=O)n1c(CCl)nc2cccnc21. The summed E-state index contributed by atoms with van der Waals surface area (Å²) in [5.41, 5.74) is 6.72. The molecule has 0 aromatic carbocycles. The largest absolute Gasteiger partial charge is 0.370 e. The number of carbonyl (C=O) groups is 1. The number of primary amides is 1. The van der Waals surface area contributed by atoms with E-state index in [0.29, 0.717) is 5.82 Å². The lowest BCUT2D eigenvalue weighted by molar-refractivity contribution is -0.118. The Morgan fingerprint density at radius 1 is 1.65 bits per heavy atom. The zero-order chi connectivity index (χ0) is 12.4.